The van der Waals surface area contributed by atoms with E-state index < -0.39 is 315 Å². The largest absolute Gasteiger partial charge is 0.504 e. The van der Waals surface area contributed by atoms with Crippen molar-refractivity contribution in [3.05, 3.63) is 81.4 Å². The minimum Gasteiger partial charge on any atom is -0.504 e. The molecule has 40 nitrogen and oxygen atoms in total. The first-order valence-corrected chi connectivity index (χ1v) is 28.2. The van der Waals surface area contributed by atoms with Gasteiger partial charge in [0.15, 0.2) is 111 Å². The lowest BCUT2D eigenvalue weighted by Crippen LogP contribution is -2.62. The predicted octanol–water partition coefficient (Wildman–Crippen LogP) is 0.769. The Kier molecular flexibility index (Phi) is 16.2. The van der Waals surface area contributed by atoms with Crippen LogP contribution in [0.25, 0.3) is 33.4 Å². The van der Waals surface area contributed by atoms with E-state index in [2.05, 4.69) is 0 Å². The predicted molar refractivity (Wildman–Crippen MR) is 310 cm³/mol. The number of hydrogen-bond donors (Lipinski definition) is 23. The molecule has 40 heteroatoms. The summed E-state index contributed by atoms with van der Waals surface area (Å²) in [6, 6.07) is 2.41. The molecule has 5 aliphatic heterocycles. The Balaban J connectivity index is 0.933. The molecule has 0 saturated carbocycles. The molecule has 2 fully saturated rings. The molecule has 528 valence electrons. The molecule has 5 aliphatic rings. The molecule has 0 amide bonds. The number of phenols is 20. The first-order chi connectivity index (χ1) is 47.5. The molecule has 12 rings (SSSR count). The summed E-state index contributed by atoms with van der Waals surface area (Å²) >= 11 is 0. The van der Waals surface area contributed by atoms with Crippen LogP contribution in [0.2, 0.25) is 0 Å². The highest BCUT2D eigenvalue weighted by molar-refractivity contribution is 6.12. The average Bonchev–Trinajstić information content (AvgIpc) is 1.56. The zero-order valence-corrected chi connectivity index (χ0v) is 49.5. The fraction of sp³-hybridized carbons (Fsp3) is 0.197. The molecule has 0 aromatic heterocycles. The number of cyclic esters (lactones) is 2. The van der Waals surface area contributed by atoms with Gasteiger partial charge in [0, 0.05) is 45.5 Å². The van der Waals surface area contributed by atoms with Crippen LogP contribution in [0.5, 0.6) is 126 Å². The van der Waals surface area contributed by atoms with E-state index in [4.69, 9.17) is 47.4 Å². The van der Waals surface area contributed by atoms with Crippen LogP contribution in [-0.4, -0.2) is 234 Å². The molecule has 0 radical (unpaired) electrons. The summed E-state index contributed by atoms with van der Waals surface area (Å²) in [7, 11) is 0. The number of esters is 7. The van der Waals surface area contributed by atoms with E-state index in [0.29, 0.717) is 30.3 Å². The van der Waals surface area contributed by atoms with E-state index in [0.717, 1.165) is 0 Å². The van der Waals surface area contributed by atoms with Crippen LogP contribution < -0.4 is 4.74 Å². The van der Waals surface area contributed by atoms with Crippen LogP contribution in [0.15, 0.2) is 42.5 Å². The monoisotopic (exact) mass is 1420 g/mol. The molecule has 7 aromatic rings. The van der Waals surface area contributed by atoms with E-state index in [1.54, 1.807) is 0 Å². The summed E-state index contributed by atoms with van der Waals surface area (Å²) < 4.78 is 55.0. The fourth-order valence-electron chi connectivity index (χ4n) is 11.5. The highest BCUT2D eigenvalue weighted by Gasteiger charge is 2.55. The summed E-state index contributed by atoms with van der Waals surface area (Å²) in [5.74, 6) is -45.3. The van der Waals surface area contributed by atoms with Gasteiger partial charge < -0.3 is 165 Å². The molecule has 101 heavy (non-hydrogen) atoms. The van der Waals surface area contributed by atoms with Crippen molar-refractivity contribution in [1.29, 1.82) is 0 Å². The van der Waals surface area contributed by atoms with Gasteiger partial charge in [0.25, 0.3) is 0 Å². The summed E-state index contributed by atoms with van der Waals surface area (Å²) in [4.78, 5) is 100. The number of carbonyl (C=O) groups is 7. The lowest BCUT2D eigenvalue weighted by molar-refractivity contribution is -0.284. The number of benzene rings is 7. The van der Waals surface area contributed by atoms with E-state index in [9.17, 15) is 146 Å². The summed E-state index contributed by atoms with van der Waals surface area (Å²) in [5.41, 5.74) is -15.3. The van der Waals surface area contributed by atoms with E-state index in [1.807, 2.05) is 0 Å². The zero-order valence-electron chi connectivity index (χ0n) is 49.5. The SMILES string of the molecule is O=C(O[C@@H]1O[C@@H]2COC(=O)c3cc(O)c(O)c(O)c3-c3c(cc(O)c(O)c3O)C(=O)O[C@H]2[C@H](O)[C@H]1O)c1cc(O)c(O)c(O)c1Oc1cc2c(c(O)c1O)-c1c(cc(O)c(O)c1O)C(=O)OC[C@H]1O[C@@H](O)[C@@H]3OC(=O)c4cc(O)c(O)c(O)c4-c4c(cc(O)c(O)c4O)C(=O)O[C@H]3[C@@H]1OC2=O. The van der Waals surface area contributed by atoms with Crippen molar-refractivity contribution in [2.45, 2.75) is 61.4 Å². The normalized spacial score (nSPS) is 22.5. The van der Waals surface area contributed by atoms with Gasteiger partial charge in [0.1, 0.15) is 43.2 Å². The average molecular weight is 1420 g/mol. The number of ether oxygens (including phenoxy) is 10. The molecule has 10 atom stereocenters. The highest BCUT2D eigenvalue weighted by atomic mass is 16.7. The van der Waals surface area contributed by atoms with Crippen LogP contribution in [0.3, 0.4) is 0 Å². The topological polar surface area (TPSA) is 677 Å². The number of phenolic OH excluding ortho intramolecular Hbond substituents is 20. The Bertz CT molecular complexity index is 4840. The Morgan fingerprint density at radius 3 is 1.06 bits per heavy atom. The number of aliphatic hydroxyl groups is 3. The van der Waals surface area contributed by atoms with Gasteiger partial charge in [-0.05, 0) is 30.3 Å². The van der Waals surface area contributed by atoms with Gasteiger partial charge in [0.05, 0.1) is 33.4 Å². The molecular formula is C61H44O40. The zero-order chi connectivity index (χ0) is 73.5. The quantitative estimate of drug-likeness (QED) is 0.0657. The number of carbonyl (C=O) groups excluding carboxylic acids is 7. The first-order valence-electron chi connectivity index (χ1n) is 28.2. The summed E-state index contributed by atoms with van der Waals surface area (Å²) in [5, 5.41) is 253. The van der Waals surface area contributed by atoms with E-state index in [-0.39, 0.29) is 12.1 Å². The summed E-state index contributed by atoms with van der Waals surface area (Å²) in [6.45, 7) is -2.60. The third-order valence-corrected chi connectivity index (χ3v) is 16.4. The maximum absolute atomic E-state index is 15.2. The van der Waals surface area contributed by atoms with Gasteiger partial charge >= 0.3 is 41.8 Å². The van der Waals surface area contributed by atoms with Crippen LogP contribution in [-0.2, 0) is 42.6 Å². The van der Waals surface area contributed by atoms with Crippen molar-refractivity contribution in [2.75, 3.05) is 13.2 Å². The van der Waals surface area contributed by atoms with Crippen LogP contribution in [0.1, 0.15) is 72.5 Å². The van der Waals surface area contributed by atoms with Crippen LogP contribution >= 0.6 is 0 Å². The van der Waals surface area contributed by atoms with Crippen molar-refractivity contribution in [3.63, 3.8) is 0 Å². The molecule has 5 heterocycles. The molecule has 0 unspecified atom stereocenters. The molecule has 7 aromatic carbocycles. The van der Waals surface area contributed by atoms with Crippen molar-refractivity contribution in [2.24, 2.45) is 0 Å². The van der Waals surface area contributed by atoms with Gasteiger partial charge in [0.2, 0.25) is 52.3 Å². The minimum atomic E-state index is -2.66. The minimum absolute atomic E-state index is 0.224. The first kappa shape index (κ1) is 67.4. The van der Waals surface area contributed by atoms with Crippen LogP contribution in [0, 0.1) is 0 Å². The van der Waals surface area contributed by atoms with Crippen molar-refractivity contribution >= 4 is 41.8 Å². The maximum atomic E-state index is 15.2. The molecule has 2 saturated heterocycles. The Hall–Kier alpha value is -13.6. The lowest BCUT2D eigenvalue weighted by atomic mass is 9.91. The Morgan fingerprint density at radius 2 is 0.653 bits per heavy atom. The second kappa shape index (κ2) is 24.2. The molecule has 0 aliphatic carbocycles. The molecular weight excluding hydrogens is 1370 g/mol. The maximum Gasteiger partial charge on any atom is 0.344 e. The van der Waals surface area contributed by atoms with Gasteiger partial charge in [-0.25, -0.2) is 33.6 Å². The third-order valence-electron chi connectivity index (χ3n) is 16.4. The summed E-state index contributed by atoms with van der Waals surface area (Å²) in [6.07, 6.45) is -24.9. The van der Waals surface area contributed by atoms with Crippen LogP contribution in [0.4, 0.5) is 0 Å². The number of aliphatic hydroxyl groups excluding tert-OH is 3. The van der Waals surface area contributed by atoms with Crippen molar-refractivity contribution in [1.82, 2.24) is 0 Å². The van der Waals surface area contributed by atoms with E-state index in [1.165, 1.54) is 0 Å². The van der Waals surface area contributed by atoms with Gasteiger partial charge in [-0.15, -0.1) is 0 Å². The second-order valence-corrected chi connectivity index (χ2v) is 22.3. The number of aromatic hydroxyl groups is 20. The van der Waals surface area contributed by atoms with Gasteiger partial charge in [-0.3, -0.25) is 0 Å². The van der Waals surface area contributed by atoms with Crippen molar-refractivity contribution in [3.8, 4) is 160 Å². The van der Waals surface area contributed by atoms with E-state index >= 15 is 4.79 Å². The molecule has 0 bridgehead atoms. The van der Waals surface area contributed by atoms with Crippen molar-refractivity contribution < 1.29 is 198 Å². The smallest absolute Gasteiger partial charge is 0.344 e. The van der Waals surface area contributed by atoms with Gasteiger partial charge in [-0.1, -0.05) is 0 Å². The third kappa shape index (κ3) is 10.7. The number of hydrogen-bond acceptors (Lipinski definition) is 40. The number of fused-ring (bicyclic) bond motifs is 13. The van der Waals surface area contributed by atoms with Gasteiger partial charge in [-0.2, -0.15) is 0 Å². The standard InChI is InChI=1S/C61H44O40/c62-17-1-10-26(39(75)32(17)68)28-12(3-19(64)34(70)41(28)77)55(86)97-49-24(8-92-53(10)84)96-61(47(83)46(49)82)101-59(90)16-6-22(67)37(73)45(81)48(16)94-23-7-15-31(44(80)38(23)74)27-11(2-18(63)33(69)40(27)76)54(85)93-9-25-50(98-58(15)89)51-52(60(91)95-25)100-57(88)14-5-21(66)36(72)43(79)30(14)29-13(56(87)99-51)4-20(65)35(71)42(29)78/h1-7,24-25,46-47,49-52,60-83,91H,8-9H2/t24-,25-,46-,47-,49-,50-,51+,52-,60-,61+/m1/s1. The Morgan fingerprint density at radius 1 is 0.337 bits per heavy atom. The number of rotatable bonds is 4. The molecule has 23 N–H and O–H groups in total. The highest BCUT2D eigenvalue weighted by Crippen LogP contribution is 2.59. The fourth-order valence-corrected chi connectivity index (χ4v) is 11.5. The Labute approximate surface area is 554 Å². The second-order valence-electron chi connectivity index (χ2n) is 22.3. The molecule has 0 spiro atoms. The lowest BCUT2D eigenvalue weighted by Gasteiger charge is -2.43.